The predicted molar refractivity (Wildman–Crippen MR) is 81.6 cm³/mol. The molecule has 6 heteroatoms. The van der Waals surface area contributed by atoms with Crippen LogP contribution in [0.4, 0.5) is 8.78 Å². The number of nitrogens with zero attached hydrogens (tertiary/aromatic N) is 1. The third kappa shape index (κ3) is 2.90. The van der Waals surface area contributed by atoms with E-state index in [1.807, 2.05) is 24.3 Å². The van der Waals surface area contributed by atoms with Gasteiger partial charge >= 0.3 is 0 Å². The number of halogens is 3. The van der Waals surface area contributed by atoms with Crippen molar-refractivity contribution in [1.29, 1.82) is 0 Å². The normalized spacial score (nSPS) is 12.8. The molecule has 2 nitrogen and oxygen atoms in total. The Balaban J connectivity index is 1.89. The Bertz CT molecular complexity index is 770. The molecule has 0 saturated heterocycles. The van der Waals surface area contributed by atoms with Crippen molar-refractivity contribution in [2.75, 3.05) is 0 Å². The molecule has 0 bridgehead atoms. The minimum atomic E-state index is -0.673. The highest BCUT2D eigenvalue weighted by atomic mass is 35.5. The second-order valence-corrected chi connectivity index (χ2v) is 6.20. The molecule has 0 aliphatic carbocycles. The quantitative estimate of drug-likeness (QED) is 0.722. The monoisotopic (exact) mass is 324 g/mol. The highest BCUT2D eigenvalue weighted by molar-refractivity contribution is 7.18. The van der Waals surface area contributed by atoms with Crippen LogP contribution in [-0.4, -0.2) is 4.98 Å². The lowest BCUT2D eigenvalue weighted by Crippen LogP contribution is -2.15. The first-order valence-electron chi connectivity index (χ1n) is 6.29. The van der Waals surface area contributed by atoms with Gasteiger partial charge in [0.05, 0.1) is 20.2 Å². The Kier molecular flexibility index (Phi) is 3.89. The van der Waals surface area contributed by atoms with Crippen LogP contribution in [0.3, 0.4) is 0 Å². The van der Waals surface area contributed by atoms with Crippen LogP contribution in [0.1, 0.15) is 16.6 Å². The number of nitrogens with two attached hydrogens (primary N) is 1. The number of thiazole rings is 1. The van der Waals surface area contributed by atoms with E-state index in [9.17, 15) is 8.78 Å². The number of hydrogen-bond donors (Lipinski definition) is 1. The number of hydrogen-bond acceptors (Lipinski definition) is 3. The first-order chi connectivity index (χ1) is 10.0. The van der Waals surface area contributed by atoms with Crippen molar-refractivity contribution in [1.82, 2.24) is 4.98 Å². The van der Waals surface area contributed by atoms with Gasteiger partial charge in [0.25, 0.3) is 0 Å². The molecular weight excluding hydrogens is 314 g/mol. The molecule has 0 fully saturated rings. The highest BCUT2D eigenvalue weighted by Crippen LogP contribution is 2.28. The summed E-state index contributed by atoms with van der Waals surface area (Å²) < 4.78 is 28.3. The van der Waals surface area contributed by atoms with Crippen LogP contribution in [-0.2, 0) is 6.42 Å². The summed E-state index contributed by atoms with van der Waals surface area (Å²) in [4.78, 5) is 4.44. The lowest BCUT2D eigenvalue weighted by atomic mass is 10.0. The van der Waals surface area contributed by atoms with Crippen molar-refractivity contribution in [3.8, 4) is 0 Å². The van der Waals surface area contributed by atoms with E-state index in [4.69, 9.17) is 17.3 Å². The second-order valence-electron chi connectivity index (χ2n) is 4.67. The molecule has 3 aromatic rings. The number of benzene rings is 2. The zero-order valence-electron chi connectivity index (χ0n) is 10.8. The third-order valence-electron chi connectivity index (χ3n) is 3.17. The van der Waals surface area contributed by atoms with E-state index in [0.717, 1.165) is 27.4 Å². The number of aromatic nitrogens is 1. The van der Waals surface area contributed by atoms with E-state index in [0.29, 0.717) is 6.42 Å². The van der Waals surface area contributed by atoms with Crippen LogP contribution in [0.5, 0.6) is 0 Å². The molecule has 0 radical (unpaired) electrons. The van der Waals surface area contributed by atoms with Crippen molar-refractivity contribution in [2.45, 2.75) is 12.5 Å². The SMILES string of the molecule is NC(Cc1nc2ccccc2s1)c1cc(F)c(Cl)cc1F. The van der Waals surface area contributed by atoms with Crippen molar-refractivity contribution in [3.63, 3.8) is 0 Å². The zero-order chi connectivity index (χ0) is 15.0. The molecule has 0 aliphatic heterocycles. The summed E-state index contributed by atoms with van der Waals surface area (Å²) in [6.07, 6.45) is 0.345. The number of fused-ring (bicyclic) bond motifs is 1. The summed E-state index contributed by atoms with van der Waals surface area (Å²) in [5.41, 5.74) is 6.98. The Morgan fingerprint density at radius 3 is 2.71 bits per heavy atom. The zero-order valence-corrected chi connectivity index (χ0v) is 12.4. The summed E-state index contributed by atoms with van der Waals surface area (Å²) in [6, 6.07) is 9.03. The van der Waals surface area contributed by atoms with Crippen molar-refractivity contribution < 1.29 is 8.78 Å². The summed E-state index contributed by atoms with van der Waals surface area (Å²) in [5.74, 6) is -1.28. The highest BCUT2D eigenvalue weighted by Gasteiger charge is 2.17. The maximum atomic E-state index is 13.8. The fraction of sp³-hybridized carbons (Fsp3) is 0.133. The number of para-hydroxylation sites is 1. The maximum absolute atomic E-state index is 13.8. The molecule has 108 valence electrons. The Hall–Kier alpha value is -1.56. The molecule has 2 aromatic carbocycles. The Morgan fingerprint density at radius 2 is 1.95 bits per heavy atom. The van der Waals surface area contributed by atoms with Crippen LogP contribution in [0, 0.1) is 11.6 Å². The van der Waals surface area contributed by atoms with E-state index in [-0.39, 0.29) is 10.6 Å². The molecule has 3 rings (SSSR count). The van der Waals surface area contributed by atoms with E-state index >= 15 is 0 Å². The van der Waals surface area contributed by atoms with Crippen LogP contribution >= 0.6 is 22.9 Å². The van der Waals surface area contributed by atoms with Crippen LogP contribution < -0.4 is 5.73 Å². The Morgan fingerprint density at radius 1 is 1.19 bits per heavy atom. The minimum absolute atomic E-state index is 0.108. The van der Waals surface area contributed by atoms with Crippen LogP contribution in [0.2, 0.25) is 5.02 Å². The molecule has 1 aromatic heterocycles. The van der Waals surface area contributed by atoms with Gasteiger partial charge in [-0.05, 0) is 24.3 Å². The average Bonchev–Trinajstić information content (AvgIpc) is 2.84. The molecule has 1 heterocycles. The molecule has 0 saturated carbocycles. The largest absolute Gasteiger partial charge is 0.324 e. The molecule has 1 unspecified atom stereocenters. The van der Waals surface area contributed by atoms with Gasteiger partial charge in [-0.3, -0.25) is 0 Å². The summed E-state index contributed by atoms with van der Waals surface area (Å²) in [6.45, 7) is 0. The van der Waals surface area contributed by atoms with Gasteiger partial charge in [-0.25, -0.2) is 13.8 Å². The van der Waals surface area contributed by atoms with Gasteiger partial charge in [0.2, 0.25) is 0 Å². The topological polar surface area (TPSA) is 38.9 Å². The standard InChI is InChI=1S/C15H11ClF2N2S/c16-9-6-10(17)8(5-11(9)18)12(19)7-15-20-13-3-1-2-4-14(13)21-15/h1-6,12H,7,19H2. The fourth-order valence-electron chi connectivity index (χ4n) is 2.13. The van der Waals surface area contributed by atoms with Crippen molar-refractivity contribution >= 4 is 33.2 Å². The van der Waals surface area contributed by atoms with Gasteiger partial charge in [0.1, 0.15) is 11.6 Å². The van der Waals surface area contributed by atoms with Gasteiger partial charge in [0.15, 0.2) is 0 Å². The van der Waals surface area contributed by atoms with Gasteiger partial charge in [-0.1, -0.05) is 23.7 Å². The fourth-order valence-corrected chi connectivity index (χ4v) is 3.30. The van der Waals surface area contributed by atoms with Crippen LogP contribution in [0.25, 0.3) is 10.2 Å². The first-order valence-corrected chi connectivity index (χ1v) is 7.48. The van der Waals surface area contributed by atoms with Gasteiger partial charge in [-0.15, -0.1) is 11.3 Å². The first kappa shape index (κ1) is 14.4. The lowest BCUT2D eigenvalue weighted by Gasteiger charge is -2.12. The molecule has 0 aliphatic rings. The maximum Gasteiger partial charge on any atom is 0.142 e. The lowest BCUT2D eigenvalue weighted by molar-refractivity contribution is 0.561. The van der Waals surface area contributed by atoms with E-state index in [1.165, 1.54) is 11.3 Å². The molecule has 2 N–H and O–H groups in total. The van der Waals surface area contributed by atoms with E-state index in [2.05, 4.69) is 4.98 Å². The molecule has 1 atom stereocenters. The van der Waals surface area contributed by atoms with E-state index < -0.39 is 17.7 Å². The average molecular weight is 325 g/mol. The summed E-state index contributed by atoms with van der Waals surface area (Å²) in [7, 11) is 0. The van der Waals surface area contributed by atoms with Crippen molar-refractivity contribution in [3.05, 3.63) is 63.6 Å². The van der Waals surface area contributed by atoms with Crippen LogP contribution in [0.15, 0.2) is 36.4 Å². The smallest absolute Gasteiger partial charge is 0.142 e. The molecule has 21 heavy (non-hydrogen) atoms. The Labute approximate surface area is 129 Å². The van der Waals surface area contributed by atoms with Crippen molar-refractivity contribution in [2.24, 2.45) is 5.73 Å². The summed E-state index contributed by atoms with van der Waals surface area (Å²) in [5, 5.41) is 0.543. The molecular formula is C15H11ClF2N2S. The van der Waals surface area contributed by atoms with Gasteiger partial charge in [-0.2, -0.15) is 0 Å². The predicted octanol–water partition coefficient (Wildman–Crippen LogP) is 4.47. The second kappa shape index (κ2) is 5.67. The molecule has 0 amide bonds. The van der Waals surface area contributed by atoms with Gasteiger partial charge < -0.3 is 5.73 Å². The van der Waals surface area contributed by atoms with E-state index in [1.54, 1.807) is 0 Å². The molecule has 0 spiro atoms. The van der Waals surface area contributed by atoms with Gasteiger partial charge in [0, 0.05) is 18.0 Å². The minimum Gasteiger partial charge on any atom is -0.324 e. The third-order valence-corrected chi connectivity index (χ3v) is 4.52. The number of rotatable bonds is 3. The summed E-state index contributed by atoms with van der Waals surface area (Å²) >= 11 is 7.04.